The van der Waals surface area contributed by atoms with E-state index in [1.54, 1.807) is 9.36 Å². The molecule has 1 N–H and O–H groups in total. The first-order chi connectivity index (χ1) is 20.7. The summed E-state index contributed by atoms with van der Waals surface area (Å²) in [7, 11) is 0. The van der Waals surface area contributed by atoms with Crippen molar-refractivity contribution in [2.45, 2.75) is 103 Å². The zero-order chi connectivity index (χ0) is 31.6. The monoisotopic (exact) mass is 632 g/mol. The van der Waals surface area contributed by atoms with Gasteiger partial charge in [-0.05, 0) is 79.5 Å². The van der Waals surface area contributed by atoms with Crippen LogP contribution in [0.2, 0.25) is 10.0 Å². The summed E-state index contributed by atoms with van der Waals surface area (Å²) in [6.07, 6.45) is 4.51. The molecule has 2 fully saturated rings. The fourth-order valence-electron chi connectivity index (χ4n) is 9.50. The van der Waals surface area contributed by atoms with Gasteiger partial charge < -0.3 is 0 Å². The molecular formula is C36H42Cl2N4O2. The zero-order valence-electron chi connectivity index (χ0n) is 26.7. The van der Waals surface area contributed by atoms with E-state index in [4.69, 9.17) is 23.2 Å². The Balaban J connectivity index is 0.000000143. The second-order valence-electron chi connectivity index (χ2n) is 14.8. The third-order valence-corrected chi connectivity index (χ3v) is 13.4. The van der Waals surface area contributed by atoms with Crippen LogP contribution in [0.5, 0.6) is 0 Å². The maximum absolute atomic E-state index is 13.3. The number of rotatable bonds is 3. The molecule has 4 atom stereocenters. The molecule has 232 valence electrons. The summed E-state index contributed by atoms with van der Waals surface area (Å²) in [4.78, 5) is 26.2. The van der Waals surface area contributed by atoms with E-state index in [9.17, 15) is 9.59 Å². The van der Waals surface area contributed by atoms with Crippen LogP contribution in [0.25, 0.3) is 11.4 Å². The predicted molar refractivity (Wildman–Crippen MR) is 178 cm³/mol. The molecule has 8 rings (SSSR count). The minimum atomic E-state index is 0.0542. The van der Waals surface area contributed by atoms with Crippen LogP contribution in [0.15, 0.2) is 58.1 Å². The number of halogens is 2. The molecule has 6 nitrogen and oxygen atoms in total. The van der Waals surface area contributed by atoms with E-state index in [2.05, 4.69) is 58.2 Å². The summed E-state index contributed by atoms with van der Waals surface area (Å²) >= 11 is 12.6. The Morgan fingerprint density at radius 2 is 1.27 bits per heavy atom. The second kappa shape index (κ2) is 9.53. The van der Waals surface area contributed by atoms with Crippen molar-refractivity contribution in [1.82, 2.24) is 19.1 Å². The lowest BCUT2D eigenvalue weighted by atomic mass is 9.70. The van der Waals surface area contributed by atoms with Crippen LogP contribution in [0.4, 0.5) is 0 Å². The molecule has 0 radical (unpaired) electrons. The summed E-state index contributed by atoms with van der Waals surface area (Å²) < 4.78 is 5.59. The highest BCUT2D eigenvalue weighted by molar-refractivity contribution is 6.32. The van der Waals surface area contributed by atoms with Crippen LogP contribution < -0.4 is 11.1 Å². The molecule has 2 aromatic carbocycles. The van der Waals surface area contributed by atoms with Crippen molar-refractivity contribution in [1.29, 1.82) is 0 Å². The molecule has 0 saturated heterocycles. The van der Waals surface area contributed by atoms with E-state index < -0.39 is 0 Å². The molecule has 4 aliphatic rings. The highest BCUT2D eigenvalue weighted by atomic mass is 35.5. The molecule has 2 saturated carbocycles. The van der Waals surface area contributed by atoms with E-state index in [1.165, 1.54) is 5.69 Å². The quantitative estimate of drug-likeness (QED) is 0.246. The number of aromatic nitrogens is 4. The van der Waals surface area contributed by atoms with Gasteiger partial charge in [0.2, 0.25) is 0 Å². The van der Waals surface area contributed by atoms with Crippen molar-refractivity contribution in [2.75, 3.05) is 0 Å². The van der Waals surface area contributed by atoms with Crippen molar-refractivity contribution in [3.63, 3.8) is 0 Å². The van der Waals surface area contributed by atoms with Gasteiger partial charge in [0.1, 0.15) is 0 Å². The molecule has 2 heterocycles. The highest BCUT2D eigenvalue weighted by Gasteiger charge is 2.63. The number of nitrogens with zero attached hydrogens (tertiary/aromatic N) is 3. The lowest BCUT2D eigenvalue weighted by Gasteiger charge is -2.36. The smallest absolute Gasteiger partial charge is 0.275 e. The number of hydrogen-bond donors (Lipinski definition) is 1. The molecular weight excluding hydrogens is 591 g/mol. The van der Waals surface area contributed by atoms with Gasteiger partial charge in [0.15, 0.2) is 0 Å². The maximum Gasteiger partial charge on any atom is 0.275 e. The van der Waals surface area contributed by atoms with Crippen LogP contribution in [-0.2, 0) is 17.4 Å². The number of hydrogen-bond acceptors (Lipinski definition) is 2. The lowest BCUT2D eigenvalue weighted by Crippen LogP contribution is -2.35. The number of H-pyrrole nitrogens is 1. The minimum absolute atomic E-state index is 0.0542. The topological polar surface area (TPSA) is 64.7 Å². The average molecular weight is 634 g/mol. The van der Waals surface area contributed by atoms with Gasteiger partial charge in [-0.15, -0.1) is 0 Å². The van der Waals surface area contributed by atoms with Crippen molar-refractivity contribution in [2.24, 2.45) is 10.8 Å². The van der Waals surface area contributed by atoms with Crippen molar-refractivity contribution < 1.29 is 0 Å². The van der Waals surface area contributed by atoms with E-state index in [0.29, 0.717) is 21.9 Å². The Morgan fingerprint density at radius 3 is 1.84 bits per heavy atom. The van der Waals surface area contributed by atoms with Crippen LogP contribution in [-0.4, -0.2) is 19.1 Å². The van der Waals surface area contributed by atoms with E-state index >= 15 is 0 Å². The highest BCUT2D eigenvalue weighted by Crippen LogP contribution is 2.68. The van der Waals surface area contributed by atoms with Gasteiger partial charge in [0.25, 0.3) is 11.1 Å². The van der Waals surface area contributed by atoms with Crippen molar-refractivity contribution in [3.8, 4) is 11.4 Å². The fraction of sp³-hybridized carbons (Fsp3) is 0.500. The summed E-state index contributed by atoms with van der Waals surface area (Å²) in [6.45, 7) is 16.7. The van der Waals surface area contributed by atoms with Gasteiger partial charge in [-0.1, -0.05) is 89.0 Å². The van der Waals surface area contributed by atoms with Crippen molar-refractivity contribution >= 4 is 23.2 Å². The van der Waals surface area contributed by atoms with Crippen molar-refractivity contribution in [3.05, 3.63) is 102 Å². The molecule has 2 aromatic heterocycles. The zero-order valence-corrected chi connectivity index (χ0v) is 28.2. The second-order valence-corrected chi connectivity index (χ2v) is 15.6. The molecule has 0 unspecified atom stereocenters. The molecule has 0 aliphatic heterocycles. The van der Waals surface area contributed by atoms with E-state index in [0.717, 1.165) is 60.4 Å². The number of fused-ring (bicyclic) bond motifs is 10. The summed E-state index contributed by atoms with van der Waals surface area (Å²) in [5.74, 6) is 0.710. The Hall–Kier alpha value is -2.96. The first kappa shape index (κ1) is 29.7. The molecule has 44 heavy (non-hydrogen) atoms. The van der Waals surface area contributed by atoms with Gasteiger partial charge in [0.05, 0.1) is 27.1 Å². The van der Waals surface area contributed by atoms with E-state index in [-0.39, 0.29) is 32.8 Å². The summed E-state index contributed by atoms with van der Waals surface area (Å²) in [5.41, 5.74) is 6.50. The summed E-state index contributed by atoms with van der Waals surface area (Å²) in [5, 5.41) is 4.58. The Bertz CT molecular complexity index is 1940. The van der Waals surface area contributed by atoms with Gasteiger partial charge in [0, 0.05) is 34.2 Å². The van der Waals surface area contributed by atoms with Gasteiger partial charge >= 0.3 is 0 Å². The Labute approximate surface area is 269 Å². The average Bonchev–Trinajstić information content (AvgIpc) is 3.70. The fourth-order valence-corrected chi connectivity index (χ4v) is 9.94. The number of benzene rings is 2. The summed E-state index contributed by atoms with van der Waals surface area (Å²) in [6, 6.07) is 15.1. The number of nitrogens with one attached hydrogen (secondary N) is 1. The minimum Gasteiger partial charge on any atom is -0.294 e. The Morgan fingerprint density at radius 1 is 0.750 bits per heavy atom. The molecule has 0 spiro atoms. The largest absolute Gasteiger partial charge is 0.294 e. The number of aromatic amines is 1. The SMILES string of the molecule is CC1(C)[C@H]2CC[C@]1(C)c1[nH]n(-c3ccccc3Cl)c(=O)c12.CCn1c2c(c(=O)n1-c1ccccc1Cl)[C@@H]1CC[C@@]2(C)C1(C)C. The van der Waals surface area contributed by atoms with Crippen LogP contribution in [0, 0.1) is 10.8 Å². The van der Waals surface area contributed by atoms with E-state index in [1.807, 2.05) is 48.5 Å². The molecule has 4 aliphatic carbocycles. The predicted octanol–water partition coefficient (Wildman–Crippen LogP) is 8.48. The first-order valence-electron chi connectivity index (χ1n) is 15.9. The van der Waals surface area contributed by atoms with Crippen LogP contribution in [0.1, 0.15) is 109 Å². The van der Waals surface area contributed by atoms with Gasteiger partial charge in [-0.2, -0.15) is 0 Å². The lowest BCUT2D eigenvalue weighted by molar-refractivity contribution is 0.216. The third-order valence-electron chi connectivity index (χ3n) is 12.8. The molecule has 0 amide bonds. The van der Waals surface area contributed by atoms with Gasteiger partial charge in [-0.3, -0.25) is 19.4 Å². The molecule has 4 aromatic rings. The van der Waals surface area contributed by atoms with Crippen LogP contribution in [0.3, 0.4) is 0 Å². The standard InChI is InChI=1S/C19H23ClN2O.C17H19ClN2O/c1-5-21-16-15(12-10-11-19(16,4)18(12,2)3)17(23)22(21)14-9-7-6-8-13(14)20;1-16(2)10-8-9-17(16,3)14-13(10)15(21)20(19-14)12-7-5-4-6-11(12)18/h6-9,12H,5,10-11H2,1-4H3;4-7,10,19H,8-9H2,1-3H3/t12-,19+;10-,17+/m00/s1. The molecule has 8 heteroatoms. The molecule has 4 bridgehead atoms. The first-order valence-corrected chi connectivity index (χ1v) is 16.7. The normalized spacial score (nSPS) is 28.1. The van der Waals surface area contributed by atoms with Crippen LogP contribution >= 0.6 is 23.2 Å². The number of para-hydroxylation sites is 2. The van der Waals surface area contributed by atoms with Gasteiger partial charge in [-0.25, -0.2) is 9.36 Å². The Kier molecular flexibility index (Phi) is 6.44. The maximum atomic E-state index is 13.3. The third kappa shape index (κ3) is 3.50.